The Morgan fingerprint density at radius 2 is 2.00 bits per heavy atom. The lowest BCUT2D eigenvalue weighted by molar-refractivity contribution is -0.120. The van der Waals surface area contributed by atoms with Crippen LogP contribution >= 0.6 is 11.8 Å². The maximum absolute atomic E-state index is 12.1. The van der Waals surface area contributed by atoms with Crippen LogP contribution in [-0.4, -0.2) is 29.1 Å². The van der Waals surface area contributed by atoms with Crippen LogP contribution in [0.3, 0.4) is 0 Å². The van der Waals surface area contributed by atoms with Gasteiger partial charge in [-0.15, -0.1) is 11.8 Å². The summed E-state index contributed by atoms with van der Waals surface area (Å²) in [6.45, 7) is 0.0126. The zero-order valence-corrected chi connectivity index (χ0v) is 12.0. The average Bonchev–Trinajstić information content (AvgIpc) is 2.51. The van der Waals surface area contributed by atoms with Gasteiger partial charge < -0.3 is 10.2 Å². The van der Waals surface area contributed by atoms with Gasteiger partial charge in [0.25, 0.3) is 0 Å². The number of carbonyl (C=O) groups is 2. The number of rotatable bonds is 3. The van der Waals surface area contributed by atoms with Crippen LogP contribution in [0.15, 0.2) is 53.7 Å². The van der Waals surface area contributed by atoms with Gasteiger partial charge in [-0.3, -0.25) is 14.6 Å². The lowest BCUT2D eigenvalue weighted by Crippen LogP contribution is -2.41. The van der Waals surface area contributed by atoms with Crippen LogP contribution in [0.4, 0.5) is 11.4 Å². The molecule has 0 atom stereocenters. The van der Waals surface area contributed by atoms with E-state index in [0.29, 0.717) is 11.4 Å². The number of benzene rings is 1. The lowest BCUT2D eigenvalue weighted by Gasteiger charge is -2.28. The first kappa shape index (κ1) is 13.6. The van der Waals surface area contributed by atoms with E-state index in [4.69, 9.17) is 0 Å². The predicted molar refractivity (Wildman–Crippen MR) is 82.4 cm³/mol. The normalized spacial score (nSPS) is 13.7. The number of pyridine rings is 1. The summed E-state index contributed by atoms with van der Waals surface area (Å²) >= 11 is 1.50. The molecular formula is C15H13N3O2S. The molecule has 1 aromatic carbocycles. The van der Waals surface area contributed by atoms with Crippen molar-refractivity contribution in [2.45, 2.75) is 4.90 Å². The Morgan fingerprint density at radius 3 is 2.81 bits per heavy atom. The smallest absolute Gasteiger partial charge is 0.244 e. The topological polar surface area (TPSA) is 62.3 Å². The summed E-state index contributed by atoms with van der Waals surface area (Å²) in [6, 6.07) is 11.0. The molecule has 21 heavy (non-hydrogen) atoms. The van der Waals surface area contributed by atoms with Crippen LogP contribution in [0, 0.1) is 0 Å². The first-order chi connectivity index (χ1) is 10.2. The molecule has 0 radical (unpaired) electrons. The molecule has 1 N–H and O–H groups in total. The number of anilines is 2. The van der Waals surface area contributed by atoms with Crippen LogP contribution in [0.1, 0.15) is 0 Å². The zero-order valence-electron chi connectivity index (χ0n) is 11.2. The van der Waals surface area contributed by atoms with Gasteiger partial charge in [0.05, 0.1) is 11.4 Å². The third-order valence-electron chi connectivity index (χ3n) is 3.07. The summed E-state index contributed by atoms with van der Waals surface area (Å²) in [4.78, 5) is 30.6. The fourth-order valence-corrected chi connectivity index (χ4v) is 3.04. The second-order valence-corrected chi connectivity index (χ2v) is 5.54. The van der Waals surface area contributed by atoms with Gasteiger partial charge in [-0.25, -0.2) is 0 Å². The third-order valence-corrected chi connectivity index (χ3v) is 4.12. The zero-order chi connectivity index (χ0) is 14.7. The standard InChI is InChI=1S/C15H13N3O2S/c19-14(17-11-5-7-16-8-6-11)9-18-12-3-1-2-4-13(12)21-10-15(18)20/h1-8H,9-10H2,(H,16,17,19). The highest BCUT2D eigenvalue weighted by Gasteiger charge is 2.26. The summed E-state index contributed by atoms with van der Waals surface area (Å²) in [5.41, 5.74) is 1.46. The largest absolute Gasteiger partial charge is 0.324 e. The average molecular weight is 299 g/mol. The molecule has 0 bridgehead atoms. The second kappa shape index (κ2) is 5.97. The van der Waals surface area contributed by atoms with Crippen molar-refractivity contribution < 1.29 is 9.59 Å². The molecule has 2 heterocycles. The number of para-hydroxylation sites is 1. The predicted octanol–water partition coefficient (Wildman–Crippen LogP) is 2.16. The second-order valence-electron chi connectivity index (χ2n) is 4.52. The maximum Gasteiger partial charge on any atom is 0.244 e. The number of fused-ring (bicyclic) bond motifs is 1. The molecule has 0 fully saturated rings. The van der Waals surface area contributed by atoms with Crippen LogP contribution in [0.5, 0.6) is 0 Å². The van der Waals surface area contributed by atoms with Gasteiger partial charge in [0.15, 0.2) is 0 Å². The molecule has 2 amide bonds. The van der Waals surface area contributed by atoms with E-state index in [0.717, 1.165) is 10.6 Å². The van der Waals surface area contributed by atoms with Gasteiger partial charge in [-0.2, -0.15) is 0 Å². The number of thioether (sulfide) groups is 1. The molecular weight excluding hydrogens is 286 g/mol. The Hall–Kier alpha value is -2.34. The minimum atomic E-state index is -0.226. The number of hydrogen-bond acceptors (Lipinski definition) is 4. The van der Waals surface area contributed by atoms with Crippen molar-refractivity contribution in [1.82, 2.24) is 4.98 Å². The highest BCUT2D eigenvalue weighted by molar-refractivity contribution is 8.00. The van der Waals surface area contributed by atoms with Crippen molar-refractivity contribution in [1.29, 1.82) is 0 Å². The Bertz CT molecular complexity index is 676. The minimum Gasteiger partial charge on any atom is -0.324 e. The molecule has 2 aromatic rings. The molecule has 0 spiro atoms. The fraction of sp³-hybridized carbons (Fsp3) is 0.133. The van der Waals surface area contributed by atoms with Gasteiger partial charge in [-0.05, 0) is 24.3 Å². The van der Waals surface area contributed by atoms with Gasteiger partial charge in [0.1, 0.15) is 6.54 Å². The molecule has 106 valence electrons. The first-order valence-corrected chi connectivity index (χ1v) is 7.44. The van der Waals surface area contributed by atoms with Crippen molar-refractivity contribution in [3.63, 3.8) is 0 Å². The highest BCUT2D eigenvalue weighted by atomic mass is 32.2. The summed E-state index contributed by atoms with van der Waals surface area (Å²) in [5, 5.41) is 2.76. The van der Waals surface area contributed by atoms with E-state index in [2.05, 4.69) is 10.3 Å². The molecule has 0 saturated carbocycles. The van der Waals surface area contributed by atoms with E-state index in [-0.39, 0.29) is 18.4 Å². The lowest BCUT2D eigenvalue weighted by atomic mass is 10.2. The number of amides is 2. The fourth-order valence-electron chi connectivity index (χ4n) is 2.11. The maximum atomic E-state index is 12.1. The van der Waals surface area contributed by atoms with Crippen LogP contribution < -0.4 is 10.2 Å². The van der Waals surface area contributed by atoms with E-state index in [1.807, 2.05) is 24.3 Å². The van der Waals surface area contributed by atoms with Crippen molar-refractivity contribution in [3.05, 3.63) is 48.8 Å². The van der Waals surface area contributed by atoms with Crippen molar-refractivity contribution >= 4 is 35.0 Å². The molecule has 1 aliphatic heterocycles. The molecule has 0 unspecified atom stereocenters. The SMILES string of the molecule is O=C(CN1C(=O)CSc2ccccc21)Nc1ccncc1. The quantitative estimate of drug-likeness (QED) is 0.943. The molecule has 1 aromatic heterocycles. The van der Waals surface area contributed by atoms with Crippen LogP contribution in [0.25, 0.3) is 0 Å². The number of nitrogens with zero attached hydrogens (tertiary/aromatic N) is 2. The minimum absolute atomic E-state index is 0.0126. The number of carbonyl (C=O) groups excluding carboxylic acids is 2. The molecule has 0 aliphatic carbocycles. The summed E-state index contributed by atoms with van der Waals surface area (Å²) in [5.74, 6) is 0.0827. The third kappa shape index (κ3) is 3.05. The summed E-state index contributed by atoms with van der Waals surface area (Å²) in [7, 11) is 0. The summed E-state index contributed by atoms with van der Waals surface area (Å²) < 4.78 is 0. The Kier molecular flexibility index (Phi) is 3.87. The van der Waals surface area contributed by atoms with E-state index < -0.39 is 0 Å². The number of hydrogen-bond donors (Lipinski definition) is 1. The number of nitrogens with one attached hydrogen (secondary N) is 1. The van der Waals surface area contributed by atoms with Crippen molar-refractivity contribution in [2.75, 3.05) is 22.5 Å². The van der Waals surface area contributed by atoms with E-state index in [9.17, 15) is 9.59 Å². The van der Waals surface area contributed by atoms with E-state index >= 15 is 0 Å². The monoisotopic (exact) mass is 299 g/mol. The van der Waals surface area contributed by atoms with Gasteiger partial charge in [-0.1, -0.05) is 12.1 Å². The van der Waals surface area contributed by atoms with Crippen molar-refractivity contribution in [2.24, 2.45) is 0 Å². The Labute approximate surface area is 126 Å². The summed E-state index contributed by atoms with van der Waals surface area (Å²) in [6.07, 6.45) is 3.21. The Morgan fingerprint density at radius 1 is 1.24 bits per heavy atom. The molecule has 5 nitrogen and oxygen atoms in total. The Balaban J connectivity index is 1.75. The molecule has 3 rings (SSSR count). The van der Waals surface area contributed by atoms with Crippen LogP contribution in [0.2, 0.25) is 0 Å². The van der Waals surface area contributed by atoms with Gasteiger partial charge in [0.2, 0.25) is 11.8 Å². The van der Waals surface area contributed by atoms with Gasteiger partial charge >= 0.3 is 0 Å². The first-order valence-electron chi connectivity index (χ1n) is 6.46. The van der Waals surface area contributed by atoms with Gasteiger partial charge in [0, 0.05) is 23.0 Å². The molecule has 0 saturated heterocycles. The van der Waals surface area contributed by atoms with Crippen LogP contribution in [-0.2, 0) is 9.59 Å². The number of aromatic nitrogens is 1. The van der Waals surface area contributed by atoms with E-state index in [1.54, 1.807) is 24.5 Å². The van der Waals surface area contributed by atoms with E-state index in [1.165, 1.54) is 16.7 Å². The highest BCUT2D eigenvalue weighted by Crippen LogP contribution is 2.34. The molecule has 1 aliphatic rings. The molecule has 6 heteroatoms. The van der Waals surface area contributed by atoms with Crippen molar-refractivity contribution in [3.8, 4) is 0 Å².